The van der Waals surface area contributed by atoms with Gasteiger partial charge in [0.25, 0.3) is 0 Å². The van der Waals surface area contributed by atoms with Gasteiger partial charge in [0.1, 0.15) is 0 Å². The van der Waals surface area contributed by atoms with Crippen molar-refractivity contribution in [2.75, 3.05) is 6.61 Å². The molecule has 3 N–H and O–H groups in total. The molecular weight excluding hydrogens is 306 g/mol. The van der Waals surface area contributed by atoms with Gasteiger partial charge in [-0.25, -0.2) is 14.5 Å². The molecule has 2 aromatic heterocycles. The Kier molecular flexibility index (Phi) is 5.35. The Bertz CT molecular complexity index is 658. The van der Waals surface area contributed by atoms with Crippen LogP contribution in [-0.4, -0.2) is 38.6 Å². The lowest BCUT2D eigenvalue weighted by molar-refractivity contribution is 0.220. The largest absolute Gasteiger partial charge is 0.394 e. The second kappa shape index (κ2) is 7.24. The van der Waals surface area contributed by atoms with Crippen LogP contribution in [0.2, 0.25) is 5.02 Å². The molecule has 2 heterocycles. The zero-order valence-corrected chi connectivity index (χ0v) is 13.1. The number of pyridine rings is 1. The molecular formula is C14H18ClN5O2. The van der Waals surface area contributed by atoms with Gasteiger partial charge < -0.3 is 15.7 Å². The van der Waals surface area contributed by atoms with Crippen molar-refractivity contribution in [3.63, 3.8) is 0 Å². The third-order valence-electron chi connectivity index (χ3n) is 2.95. The molecule has 0 aliphatic heterocycles. The van der Waals surface area contributed by atoms with Gasteiger partial charge in [0.05, 0.1) is 30.1 Å². The van der Waals surface area contributed by atoms with E-state index in [9.17, 15) is 4.79 Å². The van der Waals surface area contributed by atoms with Crippen LogP contribution in [0.4, 0.5) is 4.79 Å². The summed E-state index contributed by atoms with van der Waals surface area (Å²) in [6.07, 6.45) is 3.18. The number of urea groups is 1. The van der Waals surface area contributed by atoms with E-state index >= 15 is 0 Å². The molecule has 2 aromatic rings. The zero-order chi connectivity index (χ0) is 16.1. The van der Waals surface area contributed by atoms with Crippen LogP contribution in [0.3, 0.4) is 0 Å². The number of aryl methyl sites for hydroxylation is 1. The summed E-state index contributed by atoms with van der Waals surface area (Å²) in [5, 5.41) is 18.9. The molecule has 0 fully saturated rings. The van der Waals surface area contributed by atoms with Crippen LogP contribution in [0.1, 0.15) is 18.2 Å². The molecule has 0 spiro atoms. The van der Waals surface area contributed by atoms with Gasteiger partial charge in [-0.3, -0.25) is 0 Å². The maximum absolute atomic E-state index is 11.7. The average molecular weight is 324 g/mol. The normalized spacial score (nSPS) is 12.0. The highest BCUT2D eigenvalue weighted by Gasteiger charge is 2.11. The van der Waals surface area contributed by atoms with Crippen molar-refractivity contribution < 1.29 is 9.90 Å². The molecule has 0 bridgehead atoms. The summed E-state index contributed by atoms with van der Waals surface area (Å²) >= 11 is 5.89. The van der Waals surface area contributed by atoms with Gasteiger partial charge in [-0.1, -0.05) is 17.7 Å². The second-order valence-electron chi connectivity index (χ2n) is 4.95. The third kappa shape index (κ3) is 4.19. The Morgan fingerprint density at radius 1 is 1.50 bits per heavy atom. The zero-order valence-electron chi connectivity index (χ0n) is 12.4. The number of aliphatic hydroxyl groups excluding tert-OH is 1. The number of halogens is 1. The highest BCUT2D eigenvalue weighted by Crippen LogP contribution is 2.15. The Labute approximate surface area is 133 Å². The van der Waals surface area contributed by atoms with Gasteiger partial charge in [0.2, 0.25) is 0 Å². The molecule has 0 aliphatic rings. The van der Waals surface area contributed by atoms with E-state index in [1.807, 2.05) is 19.1 Å². The molecule has 0 unspecified atom stereocenters. The van der Waals surface area contributed by atoms with Crippen molar-refractivity contribution in [3.8, 4) is 5.82 Å². The fraction of sp³-hybridized carbons (Fsp3) is 0.357. The number of aromatic nitrogens is 3. The van der Waals surface area contributed by atoms with Crippen LogP contribution >= 0.6 is 11.6 Å². The molecule has 118 valence electrons. The maximum Gasteiger partial charge on any atom is 0.315 e. The van der Waals surface area contributed by atoms with Crippen molar-refractivity contribution in [1.82, 2.24) is 25.4 Å². The summed E-state index contributed by atoms with van der Waals surface area (Å²) < 4.78 is 1.57. The molecule has 22 heavy (non-hydrogen) atoms. The molecule has 2 amide bonds. The van der Waals surface area contributed by atoms with Crippen LogP contribution in [0.15, 0.2) is 24.5 Å². The van der Waals surface area contributed by atoms with E-state index in [0.717, 1.165) is 11.3 Å². The minimum atomic E-state index is -0.355. The Hall–Kier alpha value is -2.12. The van der Waals surface area contributed by atoms with Crippen LogP contribution in [0, 0.1) is 6.92 Å². The first-order chi connectivity index (χ1) is 10.5. The van der Waals surface area contributed by atoms with Crippen molar-refractivity contribution in [3.05, 3.63) is 40.8 Å². The summed E-state index contributed by atoms with van der Waals surface area (Å²) in [6.45, 7) is 3.76. The van der Waals surface area contributed by atoms with Crippen molar-refractivity contribution in [1.29, 1.82) is 0 Å². The number of nitrogens with one attached hydrogen (secondary N) is 2. The predicted octanol–water partition coefficient (Wildman–Crippen LogP) is 1.41. The van der Waals surface area contributed by atoms with Crippen molar-refractivity contribution >= 4 is 17.6 Å². The lowest BCUT2D eigenvalue weighted by Crippen LogP contribution is -2.42. The summed E-state index contributed by atoms with van der Waals surface area (Å²) in [4.78, 5) is 16.1. The van der Waals surface area contributed by atoms with E-state index in [2.05, 4.69) is 20.7 Å². The summed E-state index contributed by atoms with van der Waals surface area (Å²) in [7, 11) is 0. The van der Waals surface area contributed by atoms with E-state index < -0.39 is 0 Å². The molecule has 0 saturated carbocycles. The number of nitrogens with zero attached hydrogens (tertiary/aromatic N) is 3. The average Bonchev–Trinajstić information content (AvgIpc) is 2.92. The molecule has 0 saturated heterocycles. The Morgan fingerprint density at radius 2 is 2.27 bits per heavy atom. The number of hydrogen-bond donors (Lipinski definition) is 3. The molecule has 0 aromatic carbocycles. The van der Waals surface area contributed by atoms with E-state index in [1.165, 1.54) is 6.20 Å². The fourth-order valence-corrected chi connectivity index (χ4v) is 1.96. The van der Waals surface area contributed by atoms with Crippen LogP contribution < -0.4 is 10.6 Å². The van der Waals surface area contributed by atoms with Gasteiger partial charge in [-0.2, -0.15) is 5.10 Å². The van der Waals surface area contributed by atoms with E-state index in [1.54, 1.807) is 17.8 Å². The monoisotopic (exact) mass is 323 g/mol. The van der Waals surface area contributed by atoms with Crippen LogP contribution in [-0.2, 0) is 6.54 Å². The first-order valence-corrected chi connectivity index (χ1v) is 7.19. The van der Waals surface area contributed by atoms with Gasteiger partial charge in [0, 0.05) is 17.8 Å². The maximum atomic E-state index is 11.7. The number of carbonyl (C=O) groups excluding carboxylic acids is 1. The topological polar surface area (TPSA) is 92.1 Å². The van der Waals surface area contributed by atoms with Crippen molar-refractivity contribution in [2.24, 2.45) is 0 Å². The summed E-state index contributed by atoms with van der Waals surface area (Å²) in [5.41, 5.74) is 1.64. The predicted molar refractivity (Wildman–Crippen MR) is 83.0 cm³/mol. The first kappa shape index (κ1) is 16.3. The Balaban J connectivity index is 2.12. The summed E-state index contributed by atoms with van der Waals surface area (Å²) in [6, 6.07) is 3.08. The molecule has 2 rings (SSSR count). The lowest BCUT2D eigenvalue weighted by atomic mass is 10.2. The van der Waals surface area contributed by atoms with Crippen LogP contribution in [0.25, 0.3) is 5.82 Å². The third-order valence-corrected chi connectivity index (χ3v) is 3.15. The molecule has 8 heteroatoms. The van der Waals surface area contributed by atoms with E-state index in [-0.39, 0.29) is 25.2 Å². The minimum absolute atomic E-state index is 0.115. The highest BCUT2D eigenvalue weighted by atomic mass is 35.5. The smallest absolute Gasteiger partial charge is 0.315 e. The number of rotatable bonds is 5. The molecule has 0 aliphatic carbocycles. The lowest BCUT2D eigenvalue weighted by Gasteiger charge is -2.14. The number of hydrogen-bond acceptors (Lipinski definition) is 4. The van der Waals surface area contributed by atoms with Crippen molar-refractivity contribution in [2.45, 2.75) is 26.4 Å². The first-order valence-electron chi connectivity index (χ1n) is 6.82. The standard InChI is InChI=1S/C14H18ClN5O2/c1-9-3-4-11(5-16-14(22)19-10(2)8-21)13(18-9)20-7-12(15)6-17-20/h3-4,6-7,10,21H,5,8H2,1-2H3,(H2,16,19,22)/t10-/m0/s1. The van der Waals surface area contributed by atoms with E-state index in [0.29, 0.717) is 10.8 Å². The molecule has 1 atom stereocenters. The van der Waals surface area contributed by atoms with Gasteiger partial charge in [0.15, 0.2) is 5.82 Å². The second-order valence-corrected chi connectivity index (χ2v) is 5.39. The Morgan fingerprint density at radius 3 is 2.91 bits per heavy atom. The minimum Gasteiger partial charge on any atom is -0.394 e. The quantitative estimate of drug-likeness (QED) is 0.775. The van der Waals surface area contributed by atoms with Crippen LogP contribution in [0.5, 0.6) is 0 Å². The van der Waals surface area contributed by atoms with E-state index in [4.69, 9.17) is 16.7 Å². The highest BCUT2D eigenvalue weighted by molar-refractivity contribution is 6.30. The van der Waals surface area contributed by atoms with Gasteiger partial charge in [-0.05, 0) is 19.9 Å². The van der Waals surface area contributed by atoms with Gasteiger partial charge in [-0.15, -0.1) is 0 Å². The fourth-order valence-electron chi connectivity index (χ4n) is 1.82. The molecule has 7 nitrogen and oxygen atoms in total. The summed E-state index contributed by atoms with van der Waals surface area (Å²) in [5.74, 6) is 0.613. The SMILES string of the molecule is Cc1ccc(CNC(=O)N[C@@H](C)CO)c(-n2cc(Cl)cn2)n1. The van der Waals surface area contributed by atoms with Gasteiger partial charge >= 0.3 is 6.03 Å². The number of aliphatic hydroxyl groups is 1. The molecule has 0 radical (unpaired) electrons. The number of amides is 2. The number of carbonyl (C=O) groups is 1.